The van der Waals surface area contributed by atoms with Gasteiger partial charge in [-0.25, -0.2) is 13.1 Å². The Morgan fingerprint density at radius 2 is 2.12 bits per heavy atom. The molecule has 17 heavy (non-hydrogen) atoms. The molecule has 1 aromatic carbocycles. The van der Waals surface area contributed by atoms with Crippen molar-refractivity contribution in [3.8, 4) is 0 Å². The van der Waals surface area contributed by atoms with E-state index in [1.165, 1.54) is 18.2 Å². The molecule has 0 aliphatic carbocycles. The SMILES string of the molecule is N/C(CNS(=O)(=O)c1cc(Cl)ccc1Cl)=N\O. The number of hydrogen-bond acceptors (Lipinski definition) is 4. The van der Waals surface area contributed by atoms with Gasteiger partial charge in [-0.3, -0.25) is 0 Å². The maximum atomic E-state index is 11.8. The van der Waals surface area contributed by atoms with E-state index in [9.17, 15) is 8.42 Å². The van der Waals surface area contributed by atoms with E-state index in [0.29, 0.717) is 0 Å². The van der Waals surface area contributed by atoms with Gasteiger partial charge in [0.05, 0.1) is 11.6 Å². The van der Waals surface area contributed by atoms with E-state index in [2.05, 4.69) is 9.88 Å². The summed E-state index contributed by atoms with van der Waals surface area (Å²) in [7, 11) is -3.86. The second kappa shape index (κ2) is 5.54. The molecule has 0 fully saturated rings. The lowest BCUT2D eigenvalue weighted by atomic mass is 10.4. The van der Waals surface area contributed by atoms with Crippen LogP contribution in [-0.2, 0) is 10.0 Å². The minimum Gasteiger partial charge on any atom is -0.409 e. The predicted octanol–water partition coefficient (Wildman–Crippen LogP) is 1.02. The van der Waals surface area contributed by atoms with Crippen LogP contribution < -0.4 is 10.5 Å². The summed E-state index contributed by atoms with van der Waals surface area (Å²) in [6, 6.07) is 4.03. The molecule has 6 nitrogen and oxygen atoms in total. The van der Waals surface area contributed by atoms with Crippen molar-refractivity contribution in [3.63, 3.8) is 0 Å². The Balaban J connectivity index is 3.01. The molecule has 0 spiro atoms. The van der Waals surface area contributed by atoms with Crippen molar-refractivity contribution in [2.75, 3.05) is 6.54 Å². The summed E-state index contributed by atoms with van der Waals surface area (Å²) >= 11 is 11.4. The Morgan fingerprint density at radius 1 is 1.47 bits per heavy atom. The van der Waals surface area contributed by atoms with E-state index in [1.807, 2.05) is 0 Å². The molecule has 0 saturated heterocycles. The van der Waals surface area contributed by atoms with Gasteiger partial charge in [-0.15, -0.1) is 0 Å². The molecule has 4 N–H and O–H groups in total. The summed E-state index contributed by atoms with van der Waals surface area (Å²) < 4.78 is 25.7. The zero-order valence-corrected chi connectivity index (χ0v) is 10.7. The smallest absolute Gasteiger partial charge is 0.242 e. The van der Waals surface area contributed by atoms with Gasteiger partial charge in [0.2, 0.25) is 10.0 Å². The number of nitrogens with two attached hydrogens (primary N) is 1. The second-order valence-electron chi connectivity index (χ2n) is 2.99. The van der Waals surface area contributed by atoms with E-state index in [4.69, 9.17) is 34.1 Å². The lowest BCUT2D eigenvalue weighted by Gasteiger charge is -2.07. The topological polar surface area (TPSA) is 105 Å². The van der Waals surface area contributed by atoms with E-state index in [0.717, 1.165) is 0 Å². The number of rotatable bonds is 4. The largest absolute Gasteiger partial charge is 0.409 e. The molecule has 0 aliphatic rings. The highest BCUT2D eigenvalue weighted by Gasteiger charge is 2.18. The highest BCUT2D eigenvalue weighted by Crippen LogP contribution is 2.24. The third kappa shape index (κ3) is 3.74. The molecule has 94 valence electrons. The fourth-order valence-electron chi connectivity index (χ4n) is 0.965. The van der Waals surface area contributed by atoms with Gasteiger partial charge in [0, 0.05) is 5.02 Å². The normalized spacial score (nSPS) is 12.7. The van der Waals surface area contributed by atoms with E-state index in [1.54, 1.807) is 0 Å². The first kappa shape index (κ1) is 14.0. The van der Waals surface area contributed by atoms with Crippen LogP contribution in [0.3, 0.4) is 0 Å². The number of nitrogens with zero attached hydrogens (tertiary/aromatic N) is 1. The van der Waals surface area contributed by atoms with Crippen molar-refractivity contribution < 1.29 is 13.6 Å². The number of nitrogens with one attached hydrogen (secondary N) is 1. The lowest BCUT2D eigenvalue weighted by Crippen LogP contribution is -2.33. The molecular weight excluding hydrogens is 289 g/mol. The summed E-state index contributed by atoms with van der Waals surface area (Å²) in [6.45, 7) is -0.332. The lowest BCUT2D eigenvalue weighted by molar-refractivity contribution is 0.317. The number of oxime groups is 1. The molecule has 0 bridgehead atoms. The zero-order valence-electron chi connectivity index (χ0n) is 8.39. The number of sulfonamides is 1. The number of benzene rings is 1. The first-order valence-corrected chi connectivity index (χ1v) is 6.52. The fourth-order valence-corrected chi connectivity index (χ4v) is 2.72. The molecule has 0 aromatic heterocycles. The van der Waals surface area contributed by atoms with E-state index < -0.39 is 10.0 Å². The van der Waals surface area contributed by atoms with Gasteiger partial charge in [-0.05, 0) is 18.2 Å². The maximum Gasteiger partial charge on any atom is 0.242 e. The molecule has 1 rings (SSSR count). The first-order valence-electron chi connectivity index (χ1n) is 4.28. The Labute approximate surface area is 108 Å². The molecular formula is C8H9Cl2N3O3S. The van der Waals surface area contributed by atoms with Crippen molar-refractivity contribution in [2.24, 2.45) is 10.9 Å². The highest BCUT2D eigenvalue weighted by molar-refractivity contribution is 7.89. The van der Waals surface area contributed by atoms with Gasteiger partial charge < -0.3 is 10.9 Å². The zero-order chi connectivity index (χ0) is 13.1. The molecule has 0 aliphatic heterocycles. The number of halogens is 2. The molecule has 1 aromatic rings. The molecule has 9 heteroatoms. The molecule has 0 atom stereocenters. The summed E-state index contributed by atoms with van der Waals surface area (Å²) in [5.41, 5.74) is 5.14. The first-order chi connectivity index (χ1) is 7.86. The van der Waals surface area contributed by atoms with Gasteiger partial charge in [-0.2, -0.15) is 0 Å². The minimum absolute atomic E-state index is 0.0291. The van der Waals surface area contributed by atoms with Crippen LogP contribution in [0.5, 0.6) is 0 Å². The van der Waals surface area contributed by atoms with Gasteiger partial charge in [0.25, 0.3) is 0 Å². The van der Waals surface area contributed by atoms with Crippen molar-refractivity contribution >= 4 is 39.1 Å². The van der Waals surface area contributed by atoms with Crippen LogP contribution in [0.15, 0.2) is 28.3 Å². The van der Waals surface area contributed by atoms with Crippen LogP contribution >= 0.6 is 23.2 Å². The summed E-state index contributed by atoms with van der Waals surface area (Å²) in [6.07, 6.45) is 0. The third-order valence-electron chi connectivity index (χ3n) is 1.75. The standard InChI is InChI=1S/C8H9Cl2N3O3S/c9-5-1-2-6(10)7(3-5)17(15,16)12-4-8(11)13-14/h1-3,12,14H,4H2,(H2,11,13). The van der Waals surface area contributed by atoms with Crippen molar-refractivity contribution in [3.05, 3.63) is 28.2 Å². The number of hydrogen-bond donors (Lipinski definition) is 3. The Bertz CT molecular complexity index is 545. The van der Waals surface area contributed by atoms with Gasteiger partial charge >= 0.3 is 0 Å². The van der Waals surface area contributed by atoms with Crippen LogP contribution in [0, 0.1) is 0 Å². The van der Waals surface area contributed by atoms with Crippen LogP contribution in [0.25, 0.3) is 0 Å². The molecule has 0 radical (unpaired) electrons. The monoisotopic (exact) mass is 297 g/mol. The third-order valence-corrected chi connectivity index (χ3v) is 3.87. The van der Waals surface area contributed by atoms with Gasteiger partial charge in [0.1, 0.15) is 4.90 Å². The van der Waals surface area contributed by atoms with E-state index >= 15 is 0 Å². The Hall–Kier alpha value is -1.02. The van der Waals surface area contributed by atoms with Crippen LogP contribution in [0.4, 0.5) is 0 Å². The van der Waals surface area contributed by atoms with Gasteiger partial charge in [0.15, 0.2) is 5.84 Å². The highest BCUT2D eigenvalue weighted by atomic mass is 35.5. The molecule has 0 unspecified atom stereocenters. The predicted molar refractivity (Wildman–Crippen MR) is 65.1 cm³/mol. The molecule has 0 heterocycles. The average molecular weight is 298 g/mol. The van der Waals surface area contributed by atoms with Crippen LogP contribution in [-0.4, -0.2) is 26.0 Å². The maximum absolute atomic E-state index is 11.8. The van der Waals surface area contributed by atoms with Crippen molar-refractivity contribution in [1.82, 2.24) is 4.72 Å². The summed E-state index contributed by atoms with van der Waals surface area (Å²) in [5, 5.41) is 11.2. The summed E-state index contributed by atoms with van der Waals surface area (Å²) in [5.74, 6) is -0.272. The Kier molecular flexibility index (Phi) is 4.58. The fraction of sp³-hybridized carbons (Fsp3) is 0.125. The quantitative estimate of drug-likeness (QED) is 0.334. The van der Waals surface area contributed by atoms with Crippen LogP contribution in [0.2, 0.25) is 10.0 Å². The van der Waals surface area contributed by atoms with Gasteiger partial charge in [-0.1, -0.05) is 28.4 Å². The van der Waals surface area contributed by atoms with E-state index in [-0.39, 0.29) is 27.3 Å². The van der Waals surface area contributed by atoms with Crippen molar-refractivity contribution in [1.29, 1.82) is 0 Å². The molecule has 0 saturated carbocycles. The number of amidine groups is 1. The second-order valence-corrected chi connectivity index (χ2v) is 5.57. The summed E-state index contributed by atoms with van der Waals surface area (Å²) in [4.78, 5) is -0.169. The Morgan fingerprint density at radius 3 is 2.71 bits per heavy atom. The minimum atomic E-state index is -3.86. The van der Waals surface area contributed by atoms with Crippen molar-refractivity contribution in [2.45, 2.75) is 4.90 Å². The average Bonchev–Trinajstić information content (AvgIpc) is 2.29. The molecule has 0 amide bonds. The van der Waals surface area contributed by atoms with Crippen LogP contribution in [0.1, 0.15) is 0 Å².